The molecule has 2 rings (SSSR count). The molecule has 2 aromatic rings. The van der Waals surface area contributed by atoms with E-state index in [1.54, 1.807) is 0 Å². The number of hydrogen-bond donors (Lipinski definition) is 0. The molecule has 0 amide bonds. The lowest BCUT2D eigenvalue weighted by Crippen LogP contribution is -2.08. The first-order valence-corrected chi connectivity index (χ1v) is 6.01. The fraction of sp³-hybridized carbons (Fsp3) is 0.400. The minimum atomic E-state index is 0.689. The summed E-state index contributed by atoms with van der Waals surface area (Å²) >= 11 is 0. The number of nitrogens with zero attached hydrogens (tertiary/aromatic N) is 1. The van der Waals surface area contributed by atoms with Gasteiger partial charge in [-0.1, -0.05) is 45.0 Å². The summed E-state index contributed by atoms with van der Waals surface area (Å²) in [4.78, 5) is 4.70. The molecular weight excluding hydrogens is 194 g/mol. The molecule has 1 atom stereocenters. The lowest BCUT2D eigenvalue weighted by atomic mass is 9.93. The van der Waals surface area contributed by atoms with Gasteiger partial charge in [-0.25, -0.2) is 0 Å². The highest BCUT2D eigenvalue weighted by atomic mass is 14.7. The number of fused-ring (bicyclic) bond motifs is 1. The summed E-state index contributed by atoms with van der Waals surface area (Å²) in [5, 5.41) is 1.23. The number of pyridine rings is 1. The molecule has 0 N–H and O–H groups in total. The van der Waals surface area contributed by atoms with Gasteiger partial charge in [-0.15, -0.1) is 0 Å². The van der Waals surface area contributed by atoms with E-state index in [0.717, 1.165) is 11.9 Å². The van der Waals surface area contributed by atoms with E-state index in [4.69, 9.17) is 4.98 Å². The van der Waals surface area contributed by atoms with E-state index in [1.807, 2.05) is 6.07 Å². The normalized spacial score (nSPS) is 13.2. The van der Waals surface area contributed by atoms with Crippen LogP contribution in [0.5, 0.6) is 0 Å². The van der Waals surface area contributed by atoms with Gasteiger partial charge in [0.2, 0.25) is 0 Å². The van der Waals surface area contributed by atoms with Crippen LogP contribution in [0.4, 0.5) is 0 Å². The lowest BCUT2D eigenvalue weighted by Gasteiger charge is -2.14. The highest BCUT2D eigenvalue weighted by Crippen LogP contribution is 2.18. The van der Waals surface area contributed by atoms with Crippen LogP contribution in [0, 0.1) is 11.8 Å². The Hall–Kier alpha value is -1.37. The van der Waals surface area contributed by atoms with Crippen LogP contribution in [0.15, 0.2) is 36.4 Å². The fourth-order valence-corrected chi connectivity index (χ4v) is 1.79. The van der Waals surface area contributed by atoms with Gasteiger partial charge in [0, 0.05) is 11.1 Å². The van der Waals surface area contributed by atoms with Gasteiger partial charge in [0.1, 0.15) is 0 Å². The molecular formula is C15H19N. The molecule has 0 saturated heterocycles. The Kier molecular flexibility index (Phi) is 3.23. The van der Waals surface area contributed by atoms with Crippen LogP contribution in [0.25, 0.3) is 10.9 Å². The molecule has 1 heteroatoms. The van der Waals surface area contributed by atoms with Crippen molar-refractivity contribution in [2.75, 3.05) is 0 Å². The standard InChI is InChI=1S/C15H19N/c1-11(2)12(3)10-14-9-8-13-6-4-5-7-15(13)16-14/h4-9,11-12H,10H2,1-3H3/t12-/m1/s1. The third kappa shape index (κ3) is 2.41. The van der Waals surface area contributed by atoms with Crippen molar-refractivity contribution >= 4 is 10.9 Å². The molecule has 1 heterocycles. The second-order valence-corrected chi connectivity index (χ2v) is 4.92. The largest absolute Gasteiger partial charge is 0.253 e. The Balaban J connectivity index is 2.26. The summed E-state index contributed by atoms with van der Waals surface area (Å²) in [5.74, 6) is 1.40. The molecule has 0 fully saturated rings. The second-order valence-electron chi connectivity index (χ2n) is 4.92. The van der Waals surface area contributed by atoms with Crippen LogP contribution in [0.2, 0.25) is 0 Å². The Bertz CT molecular complexity index is 474. The van der Waals surface area contributed by atoms with E-state index in [-0.39, 0.29) is 0 Å². The van der Waals surface area contributed by atoms with Gasteiger partial charge in [-0.3, -0.25) is 4.98 Å². The van der Waals surface area contributed by atoms with Crippen molar-refractivity contribution in [1.82, 2.24) is 4.98 Å². The zero-order valence-corrected chi connectivity index (χ0v) is 10.3. The van der Waals surface area contributed by atoms with Crippen molar-refractivity contribution in [3.63, 3.8) is 0 Å². The van der Waals surface area contributed by atoms with Gasteiger partial charge in [-0.05, 0) is 30.4 Å². The van der Waals surface area contributed by atoms with Crippen molar-refractivity contribution < 1.29 is 0 Å². The highest BCUT2D eigenvalue weighted by Gasteiger charge is 2.09. The maximum atomic E-state index is 4.70. The third-order valence-electron chi connectivity index (χ3n) is 3.33. The van der Waals surface area contributed by atoms with E-state index in [2.05, 4.69) is 51.1 Å². The summed E-state index contributed by atoms with van der Waals surface area (Å²) in [6.45, 7) is 6.83. The van der Waals surface area contributed by atoms with Gasteiger partial charge >= 0.3 is 0 Å². The minimum Gasteiger partial charge on any atom is -0.253 e. The Morgan fingerprint density at radius 1 is 1.00 bits per heavy atom. The predicted octanol–water partition coefficient (Wildman–Crippen LogP) is 4.07. The topological polar surface area (TPSA) is 12.9 Å². The summed E-state index contributed by atoms with van der Waals surface area (Å²) in [6.07, 6.45) is 1.07. The monoisotopic (exact) mass is 213 g/mol. The summed E-state index contributed by atoms with van der Waals surface area (Å²) in [5.41, 5.74) is 2.32. The first-order valence-electron chi connectivity index (χ1n) is 6.01. The molecule has 0 saturated carbocycles. The third-order valence-corrected chi connectivity index (χ3v) is 3.33. The number of para-hydroxylation sites is 1. The molecule has 84 valence electrons. The fourth-order valence-electron chi connectivity index (χ4n) is 1.79. The van der Waals surface area contributed by atoms with Crippen LogP contribution < -0.4 is 0 Å². The molecule has 0 aliphatic rings. The average Bonchev–Trinajstić information content (AvgIpc) is 2.28. The maximum Gasteiger partial charge on any atom is 0.0705 e. The van der Waals surface area contributed by atoms with Crippen molar-refractivity contribution in [2.45, 2.75) is 27.2 Å². The number of hydrogen-bond acceptors (Lipinski definition) is 1. The van der Waals surface area contributed by atoms with Gasteiger partial charge in [0.05, 0.1) is 5.52 Å². The van der Waals surface area contributed by atoms with Crippen LogP contribution in [0.1, 0.15) is 26.5 Å². The van der Waals surface area contributed by atoms with E-state index in [9.17, 15) is 0 Å². The zero-order valence-electron chi connectivity index (χ0n) is 10.3. The molecule has 1 nitrogen and oxygen atoms in total. The van der Waals surface area contributed by atoms with Gasteiger partial charge in [0.15, 0.2) is 0 Å². The van der Waals surface area contributed by atoms with Crippen LogP contribution in [-0.4, -0.2) is 4.98 Å². The molecule has 1 aromatic heterocycles. The summed E-state index contributed by atoms with van der Waals surface area (Å²) < 4.78 is 0. The highest BCUT2D eigenvalue weighted by molar-refractivity contribution is 5.78. The van der Waals surface area contributed by atoms with E-state index in [1.165, 1.54) is 11.1 Å². The summed E-state index contributed by atoms with van der Waals surface area (Å²) in [7, 11) is 0. The Labute approximate surface area is 97.5 Å². The Morgan fingerprint density at radius 2 is 1.75 bits per heavy atom. The van der Waals surface area contributed by atoms with E-state index < -0.39 is 0 Å². The Morgan fingerprint density at radius 3 is 2.50 bits per heavy atom. The van der Waals surface area contributed by atoms with Crippen molar-refractivity contribution in [3.8, 4) is 0 Å². The average molecular weight is 213 g/mol. The van der Waals surface area contributed by atoms with Crippen molar-refractivity contribution in [2.24, 2.45) is 11.8 Å². The molecule has 0 aliphatic carbocycles. The molecule has 0 unspecified atom stereocenters. The second kappa shape index (κ2) is 4.65. The molecule has 1 aromatic carbocycles. The number of rotatable bonds is 3. The van der Waals surface area contributed by atoms with Gasteiger partial charge < -0.3 is 0 Å². The maximum absolute atomic E-state index is 4.70. The van der Waals surface area contributed by atoms with Crippen LogP contribution >= 0.6 is 0 Å². The molecule has 0 bridgehead atoms. The van der Waals surface area contributed by atoms with Crippen molar-refractivity contribution in [3.05, 3.63) is 42.1 Å². The van der Waals surface area contributed by atoms with E-state index >= 15 is 0 Å². The van der Waals surface area contributed by atoms with Gasteiger partial charge in [-0.2, -0.15) is 0 Å². The SMILES string of the molecule is CC(C)[C@H](C)Cc1ccc2ccccc2n1. The lowest BCUT2D eigenvalue weighted by molar-refractivity contribution is 0.414. The smallest absolute Gasteiger partial charge is 0.0705 e. The first-order chi connectivity index (χ1) is 7.66. The number of benzene rings is 1. The first kappa shape index (κ1) is 11.1. The van der Waals surface area contributed by atoms with E-state index in [0.29, 0.717) is 11.8 Å². The molecule has 16 heavy (non-hydrogen) atoms. The number of aromatic nitrogens is 1. The molecule has 0 radical (unpaired) electrons. The molecule has 0 spiro atoms. The quantitative estimate of drug-likeness (QED) is 0.749. The molecule has 0 aliphatic heterocycles. The van der Waals surface area contributed by atoms with Crippen LogP contribution in [0.3, 0.4) is 0 Å². The zero-order chi connectivity index (χ0) is 11.5. The van der Waals surface area contributed by atoms with Crippen molar-refractivity contribution in [1.29, 1.82) is 0 Å². The summed E-state index contributed by atoms with van der Waals surface area (Å²) in [6, 6.07) is 12.6. The van der Waals surface area contributed by atoms with Gasteiger partial charge in [0.25, 0.3) is 0 Å². The predicted molar refractivity (Wildman–Crippen MR) is 69.4 cm³/mol. The van der Waals surface area contributed by atoms with Crippen LogP contribution in [-0.2, 0) is 6.42 Å². The minimum absolute atomic E-state index is 0.689.